The average Bonchev–Trinajstić information content (AvgIpc) is 2.93. The van der Waals surface area contributed by atoms with Gasteiger partial charge in [-0.15, -0.1) is 0 Å². The predicted molar refractivity (Wildman–Crippen MR) is 75.6 cm³/mol. The number of nitrogens with zero attached hydrogens (tertiary/aromatic N) is 3. The summed E-state index contributed by atoms with van der Waals surface area (Å²) in [6.45, 7) is 4.18. The molecule has 1 heterocycles. The Kier molecular flexibility index (Phi) is 4.49. The number of aromatic amines is 1. The van der Waals surface area contributed by atoms with Gasteiger partial charge in [0, 0.05) is 12.1 Å². The van der Waals surface area contributed by atoms with Crippen molar-refractivity contribution in [3.05, 3.63) is 46.0 Å². The quantitative estimate of drug-likeness (QED) is 0.620. The highest BCUT2D eigenvalue weighted by Gasteiger charge is 2.15. The zero-order chi connectivity index (χ0) is 15.4. The lowest BCUT2D eigenvalue weighted by atomic mass is 10.1. The minimum absolute atomic E-state index is 0.0206. The Hall–Kier alpha value is -2.48. The van der Waals surface area contributed by atoms with Crippen LogP contribution in [0, 0.1) is 16.0 Å². The number of nitrogens with one attached hydrogen (secondary N) is 1. The first kappa shape index (κ1) is 14.9. The zero-order valence-corrected chi connectivity index (χ0v) is 11.8. The Morgan fingerprint density at radius 1 is 1.38 bits per heavy atom. The Labute approximate surface area is 121 Å². The molecular formula is C13H17N5O3. The normalized spacial score (nSPS) is 12.4. The summed E-state index contributed by atoms with van der Waals surface area (Å²) in [5.74, 6) is 1.86. The van der Waals surface area contributed by atoms with Crippen LogP contribution in [-0.2, 0) is 6.61 Å². The van der Waals surface area contributed by atoms with Crippen molar-refractivity contribution in [2.45, 2.75) is 26.5 Å². The molecule has 8 nitrogen and oxygen atoms in total. The van der Waals surface area contributed by atoms with Gasteiger partial charge in [0.25, 0.3) is 5.69 Å². The standard InChI is InChI=1S/C13H17N5O3/c1-8(2)12(14)13-15-11(16-17-13)7-21-10-5-3-9(4-6-10)18(19)20/h3-6,8,12H,7,14H2,1-2H3,(H,15,16,17)/t12-/m0/s1. The topological polar surface area (TPSA) is 120 Å². The fraction of sp³-hybridized carbons (Fsp3) is 0.385. The van der Waals surface area contributed by atoms with E-state index in [0.29, 0.717) is 17.4 Å². The van der Waals surface area contributed by atoms with Crippen molar-refractivity contribution in [2.75, 3.05) is 0 Å². The minimum Gasteiger partial charge on any atom is -0.486 e. The Morgan fingerprint density at radius 3 is 2.62 bits per heavy atom. The summed E-state index contributed by atoms with van der Waals surface area (Å²) in [6, 6.07) is 5.62. The zero-order valence-electron chi connectivity index (χ0n) is 11.8. The first-order valence-electron chi connectivity index (χ1n) is 6.51. The van der Waals surface area contributed by atoms with E-state index in [1.165, 1.54) is 24.3 Å². The van der Waals surface area contributed by atoms with Crippen LogP contribution in [0.2, 0.25) is 0 Å². The summed E-state index contributed by atoms with van der Waals surface area (Å²) < 4.78 is 5.48. The molecule has 0 radical (unpaired) electrons. The lowest BCUT2D eigenvalue weighted by Gasteiger charge is -2.10. The Morgan fingerprint density at radius 2 is 2.05 bits per heavy atom. The number of nitrogens with two attached hydrogens (primary N) is 1. The largest absolute Gasteiger partial charge is 0.486 e. The number of hydrogen-bond donors (Lipinski definition) is 2. The third kappa shape index (κ3) is 3.76. The highest BCUT2D eigenvalue weighted by Crippen LogP contribution is 2.18. The van der Waals surface area contributed by atoms with E-state index in [2.05, 4.69) is 15.2 Å². The molecule has 0 fully saturated rings. The van der Waals surface area contributed by atoms with Gasteiger partial charge in [0.05, 0.1) is 11.0 Å². The van der Waals surface area contributed by atoms with Crippen molar-refractivity contribution in [3.63, 3.8) is 0 Å². The summed E-state index contributed by atoms with van der Waals surface area (Å²) in [4.78, 5) is 14.4. The number of aromatic nitrogens is 3. The van der Waals surface area contributed by atoms with Gasteiger partial charge in [-0.05, 0) is 18.1 Å². The predicted octanol–water partition coefficient (Wildman–Crippen LogP) is 1.95. The number of H-pyrrole nitrogens is 1. The smallest absolute Gasteiger partial charge is 0.269 e. The van der Waals surface area contributed by atoms with Crippen LogP contribution in [0.4, 0.5) is 5.69 Å². The second kappa shape index (κ2) is 6.31. The lowest BCUT2D eigenvalue weighted by Crippen LogP contribution is -2.18. The number of nitro groups is 1. The highest BCUT2D eigenvalue weighted by atomic mass is 16.6. The summed E-state index contributed by atoms with van der Waals surface area (Å²) in [7, 11) is 0. The van der Waals surface area contributed by atoms with E-state index in [1.54, 1.807) is 0 Å². The van der Waals surface area contributed by atoms with Crippen LogP contribution < -0.4 is 10.5 Å². The molecule has 0 spiro atoms. The molecule has 1 atom stereocenters. The number of ether oxygens (including phenoxy) is 1. The fourth-order valence-electron chi connectivity index (χ4n) is 1.64. The second-order valence-electron chi connectivity index (χ2n) is 4.95. The summed E-state index contributed by atoms with van der Waals surface area (Å²) in [5.41, 5.74) is 5.97. The van der Waals surface area contributed by atoms with Gasteiger partial charge in [0.2, 0.25) is 0 Å². The van der Waals surface area contributed by atoms with Gasteiger partial charge in [-0.2, -0.15) is 5.10 Å². The molecule has 2 aromatic rings. The van der Waals surface area contributed by atoms with Gasteiger partial charge in [0.15, 0.2) is 11.6 Å². The summed E-state index contributed by atoms with van der Waals surface area (Å²) in [6.07, 6.45) is 0. The molecule has 0 aliphatic carbocycles. The van der Waals surface area contributed by atoms with E-state index in [9.17, 15) is 10.1 Å². The molecule has 112 valence electrons. The fourth-order valence-corrected chi connectivity index (χ4v) is 1.64. The van der Waals surface area contributed by atoms with Crippen LogP contribution in [0.15, 0.2) is 24.3 Å². The number of hydrogen-bond acceptors (Lipinski definition) is 6. The van der Waals surface area contributed by atoms with Gasteiger partial charge >= 0.3 is 0 Å². The maximum atomic E-state index is 10.5. The number of benzene rings is 1. The van der Waals surface area contributed by atoms with Crippen molar-refractivity contribution >= 4 is 5.69 Å². The van der Waals surface area contributed by atoms with E-state index < -0.39 is 4.92 Å². The van der Waals surface area contributed by atoms with Crippen LogP contribution in [0.3, 0.4) is 0 Å². The van der Waals surface area contributed by atoms with Crippen molar-refractivity contribution in [1.29, 1.82) is 0 Å². The van der Waals surface area contributed by atoms with Crippen LogP contribution >= 0.6 is 0 Å². The second-order valence-corrected chi connectivity index (χ2v) is 4.95. The molecule has 21 heavy (non-hydrogen) atoms. The molecule has 1 aromatic heterocycles. The number of rotatable bonds is 6. The first-order chi connectivity index (χ1) is 9.97. The van der Waals surface area contributed by atoms with Gasteiger partial charge in [-0.3, -0.25) is 15.2 Å². The van der Waals surface area contributed by atoms with E-state index >= 15 is 0 Å². The molecule has 0 unspecified atom stereocenters. The first-order valence-corrected chi connectivity index (χ1v) is 6.51. The molecule has 0 saturated carbocycles. The van der Waals surface area contributed by atoms with Crippen LogP contribution in [-0.4, -0.2) is 20.1 Å². The molecule has 3 N–H and O–H groups in total. The molecule has 0 aliphatic heterocycles. The van der Waals surface area contributed by atoms with Crippen molar-refractivity contribution in [3.8, 4) is 5.75 Å². The average molecular weight is 291 g/mol. The maximum absolute atomic E-state index is 10.5. The van der Waals surface area contributed by atoms with E-state index in [1.807, 2.05) is 13.8 Å². The molecule has 0 amide bonds. The van der Waals surface area contributed by atoms with Crippen LogP contribution in [0.5, 0.6) is 5.75 Å². The Bertz CT molecular complexity index is 609. The third-order valence-corrected chi connectivity index (χ3v) is 2.99. The highest BCUT2D eigenvalue weighted by molar-refractivity contribution is 5.35. The van der Waals surface area contributed by atoms with Crippen molar-refractivity contribution < 1.29 is 9.66 Å². The minimum atomic E-state index is -0.459. The lowest BCUT2D eigenvalue weighted by molar-refractivity contribution is -0.384. The van der Waals surface area contributed by atoms with Crippen LogP contribution in [0.25, 0.3) is 0 Å². The molecule has 0 aliphatic rings. The van der Waals surface area contributed by atoms with Gasteiger partial charge in [-0.25, -0.2) is 4.98 Å². The van der Waals surface area contributed by atoms with Gasteiger partial charge in [0.1, 0.15) is 12.4 Å². The van der Waals surface area contributed by atoms with E-state index in [0.717, 1.165) is 0 Å². The van der Waals surface area contributed by atoms with Crippen molar-refractivity contribution in [1.82, 2.24) is 15.2 Å². The van der Waals surface area contributed by atoms with Crippen LogP contribution in [0.1, 0.15) is 31.5 Å². The van der Waals surface area contributed by atoms with Gasteiger partial charge in [-0.1, -0.05) is 13.8 Å². The molecule has 8 heteroatoms. The maximum Gasteiger partial charge on any atom is 0.269 e. The van der Waals surface area contributed by atoms with E-state index in [-0.39, 0.29) is 24.3 Å². The molecule has 1 aromatic carbocycles. The van der Waals surface area contributed by atoms with Gasteiger partial charge < -0.3 is 10.5 Å². The monoisotopic (exact) mass is 291 g/mol. The molecular weight excluding hydrogens is 274 g/mol. The SMILES string of the molecule is CC(C)[C@H](N)c1n[nH]c(COc2ccc([N+](=O)[O-])cc2)n1. The molecule has 0 saturated heterocycles. The molecule has 0 bridgehead atoms. The van der Waals surface area contributed by atoms with Crippen molar-refractivity contribution in [2.24, 2.45) is 11.7 Å². The molecule has 2 rings (SSSR count). The summed E-state index contributed by atoms with van der Waals surface area (Å²) >= 11 is 0. The third-order valence-electron chi connectivity index (χ3n) is 2.99. The number of non-ortho nitro benzene ring substituents is 1. The Balaban J connectivity index is 1.95. The summed E-state index contributed by atoms with van der Waals surface area (Å²) in [5, 5.41) is 17.4. The number of nitro benzene ring substituents is 1. The van der Waals surface area contributed by atoms with E-state index in [4.69, 9.17) is 10.5 Å².